The van der Waals surface area contributed by atoms with Crippen molar-refractivity contribution >= 4 is 5.91 Å². The molecule has 37 heavy (non-hydrogen) atoms. The van der Waals surface area contributed by atoms with Gasteiger partial charge in [0.1, 0.15) is 23.2 Å². The van der Waals surface area contributed by atoms with Crippen molar-refractivity contribution in [2.75, 3.05) is 28.4 Å². The SMILES string of the molecule is CNC(=O)[C@H]1[C@@H](O)[C@@]2(O)c3c(cc(OC)cc3OC)C[C@@]2(c2ccc(OC)c(O)c2)[C@@H]1c1ccccc1. The molecule has 0 aromatic heterocycles. The van der Waals surface area contributed by atoms with Crippen LogP contribution in [0.2, 0.25) is 0 Å². The van der Waals surface area contributed by atoms with Gasteiger partial charge in [-0.2, -0.15) is 0 Å². The summed E-state index contributed by atoms with van der Waals surface area (Å²) in [5.74, 6) is -1.00. The van der Waals surface area contributed by atoms with E-state index < -0.39 is 34.9 Å². The van der Waals surface area contributed by atoms with E-state index in [1.54, 1.807) is 31.4 Å². The predicted molar refractivity (Wildman–Crippen MR) is 136 cm³/mol. The number of benzene rings is 3. The van der Waals surface area contributed by atoms with Gasteiger partial charge < -0.3 is 34.8 Å². The molecule has 0 radical (unpaired) electrons. The molecule has 0 saturated heterocycles. The van der Waals surface area contributed by atoms with Gasteiger partial charge in [-0.05, 0) is 41.3 Å². The first-order chi connectivity index (χ1) is 17.8. The fraction of sp³-hybridized carbons (Fsp3) is 0.345. The van der Waals surface area contributed by atoms with E-state index in [-0.39, 0.29) is 17.9 Å². The van der Waals surface area contributed by atoms with Crippen LogP contribution in [0.15, 0.2) is 60.7 Å². The van der Waals surface area contributed by atoms with Crippen LogP contribution in [0.5, 0.6) is 23.0 Å². The summed E-state index contributed by atoms with van der Waals surface area (Å²) in [5.41, 5.74) is -0.727. The Morgan fingerprint density at radius 3 is 2.27 bits per heavy atom. The second kappa shape index (κ2) is 8.97. The zero-order valence-electron chi connectivity index (χ0n) is 21.2. The number of phenols is 1. The topological polar surface area (TPSA) is 117 Å². The lowest BCUT2D eigenvalue weighted by Crippen LogP contribution is -2.50. The van der Waals surface area contributed by atoms with E-state index >= 15 is 0 Å². The van der Waals surface area contributed by atoms with Crippen molar-refractivity contribution in [3.8, 4) is 23.0 Å². The third-order valence-electron chi connectivity index (χ3n) is 8.20. The van der Waals surface area contributed by atoms with Crippen LogP contribution in [-0.4, -0.2) is 55.7 Å². The molecule has 0 bridgehead atoms. The molecule has 1 amide bonds. The van der Waals surface area contributed by atoms with Crippen LogP contribution in [0, 0.1) is 5.92 Å². The largest absolute Gasteiger partial charge is 0.504 e. The molecule has 194 valence electrons. The second-order valence-electron chi connectivity index (χ2n) is 9.64. The summed E-state index contributed by atoms with van der Waals surface area (Å²) >= 11 is 0. The van der Waals surface area contributed by atoms with Gasteiger partial charge >= 0.3 is 0 Å². The molecule has 5 atom stereocenters. The number of hydrogen-bond donors (Lipinski definition) is 4. The maximum absolute atomic E-state index is 13.4. The normalized spacial score (nSPS) is 27.8. The fourth-order valence-electron chi connectivity index (χ4n) is 6.74. The molecule has 5 rings (SSSR count). The van der Waals surface area contributed by atoms with Crippen LogP contribution in [0.3, 0.4) is 0 Å². The van der Waals surface area contributed by atoms with Crippen molar-refractivity contribution in [2.24, 2.45) is 5.92 Å². The summed E-state index contributed by atoms with van der Waals surface area (Å²) in [5, 5.41) is 38.3. The molecule has 0 heterocycles. The van der Waals surface area contributed by atoms with Gasteiger partial charge in [0.2, 0.25) is 5.91 Å². The lowest BCUT2D eigenvalue weighted by atomic mass is 9.62. The fourth-order valence-corrected chi connectivity index (χ4v) is 6.74. The number of rotatable bonds is 6. The van der Waals surface area contributed by atoms with E-state index in [4.69, 9.17) is 14.2 Å². The van der Waals surface area contributed by atoms with Gasteiger partial charge in [-0.1, -0.05) is 36.4 Å². The van der Waals surface area contributed by atoms with Gasteiger partial charge in [0.15, 0.2) is 11.5 Å². The number of hydrogen-bond acceptors (Lipinski definition) is 7. The molecular weight excluding hydrogens is 474 g/mol. The minimum Gasteiger partial charge on any atom is -0.504 e. The Morgan fingerprint density at radius 1 is 0.973 bits per heavy atom. The van der Waals surface area contributed by atoms with E-state index in [1.807, 2.05) is 36.4 Å². The molecule has 3 aromatic rings. The number of aromatic hydroxyl groups is 1. The van der Waals surface area contributed by atoms with Crippen LogP contribution in [0.4, 0.5) is 0 Å². The summed E-state index contributed by atoms with van der Waals surface area (Å²) < 4.78 is 16.5. The number of ether oxygens (including phenoxy) is 3. The van der Waals surface area contributed by atoms with Gasteiger partial charge in [-0.3, -0.25) is 4.79 Å². The van der Waals surface area contributed by atoms with E-state index in [9.17, 15) is 20.1 Å². The van der Waals surface area contributed by atoms with E-state index in [2.05, 4.69) is 5.32 Å². The molecule has 2 aliphatic rings. The van der Waals surface area contributed by atoms with Crippen molar-refractivity contribution in [1.29, 1.82) is 0 Å². The third kappa shape index (κ3) is 3.25. The number of methoxy groups -OCH3 is 3. The zero-order valence-corrected chi connectivity index (χ0v) is 21.2. The van der Waals surface area contributed by atoms with Gasteiger partial charge in [0, 0.05) is 30.0 Å². The molecular formula is C29H31NO7. The summed E-state index contributed by atoms with van der Waals surface area (Å²) in [6, 6.07) is 17.8. The zero-order chi connectivity index (χ0) is 26.5. The first-order valence-corrected chi connectivity index (χ1v) is 12.1. The number of aliphatic hydroxyl groups is 2. The lowest BCUT2D eigenvalue weighted by Gasteiger charge is -2.43. The van der Waals surface area contributed by atoms with Gasteiger partial charge in [0.05, 0.1) is 27.2 Å². The molecule has 0 aliphatic heterocycles. The monoisotopic (exact) mass is 505 g/mol. The summed E-state index contributed by atoms with van der Waals surface area (Å²) in [7, 11) is 6.01. The quantitative estimate of drug-likeness (QED) is 0.407. The van der Waals surface area contributed by atoms with E-state index in [0.717, 1.165) is 11.1 Å². The molecule has 1 saturated carbocycles. The number of fused-ring (bicyclic) bond motifs is 3. The lowest BCUT2D eigenvalue weighted by molar-refractivity contribution is -0.135. The first-order valence-electron chi connectivity index (χ1n) is 12.1. The van der Waals surface area contributed by atoms with Crippen LogP contribution in [0.1, 0.15) is 28.2 Å². The molecule has 2 aliphatic carbocycles. The Morgan fingerprint density at radius 2 is 1.68 bits per heavy atom. The van der Waals surface area contributed by atoms with Crippen molar-refractivity contribution in [3.05, 3.63) is 82.9 Å². The van der Waals surface area contributed by atoms with E-state index in [0.29, 0.717) is 22.6 Å². The molecule has 8 nitrogen and oxygen atoms in total. The van der Waals surface area contributed by atoms with Crippen molar-refractivity contribution in [2.45, 2.75) is 29.5 Å². The Bertz CT molecular complexity index is 1340. The Labute approximate surface area is 215 Å². The molecule has 4 N–H and O–H groups in total. The van der Waals surface area contributed by atoms with Gasteiger partial charge in [0.25, 0.3) is 0 Å². The number of carbonyl (C=O) groups excluding carboxylic acids is 1. The molecule has 0 unspecified atom stereocenters. The highest BCUT2D eigenvalue weighted by molar-refractivity contribution is 5.83. The molecule has 8 heteroatoms. The minimum atomic E-state index is -1.95. The maximum atomic E-state index is 13.4. The summed E-state index contributed by atoms with van der Waals surface area (Å²) in [6.45, 7) is 0. The summed E-state index contributed by atoms with van der Waals surface area (Å²) in [4.78, 5) is 13.4. The van der Waals surface area contributed by atoms with Crippen LogP contribution in [-0.2, 0) is 22.2 Å². The number of carbonyl (C=O) groups is 1. The highest BCUT2D eigenvalue weighted by Gasteiger charge is 2.75. The maximum Gasteiger partial charge on any atom is 0.226 e. The smallest absolute Gasteiger partial charge is 0.226 e. The number of aliphatic hydroxyl groups excluding tert-OH is 1. The standard InChI is InChI=1S/C29H31NO7/c1-30-27(33)23-25(16-8-6-5-7-9-16)28(18-10-11-21(36-3)20(31)13-18)15-17-12-19(35-2)14-22(37-4)24(17)29(28,34)26(23)32/h5-14,23,25-26,31-32,34H,15H2,1-4H3,(H,30,33)/t23-,25-,26-,28-,29+/m1/s1. The van der Waals surface area contributed by atoms with Gasteiger partial charge in [-0.15, -0.1) is 0 Å². The van der Waals surface area contributed by atoms with Gasteiger partial charge in [-0.25, -0.2) is 0 Å². The highest BCUT2D eigenvalue weighted by atomic mass is 16.5. The van der Waals surface area contributed by atoms with Crippen LogP contribution in [0.25, 0.3) is 0 Å². The Kier molecular flexibility index (Phi) is 6.04. The van der Waals surface area contributed by atoms with Crippen molar-refractivity contribution in [1.82, 2.24) is 5.32 Å². The highest BCUT2D eigenvalue weighted by Crippen LogP contribution is 2.70. The van der Waals surface area contributed by atoms with E-state index in [1.165, 1.54) is 21.3 Å². The summed E-state index contributed by atoms with van der Waals surface area (Å²) in [6.07, 6.45) is -1.24. The Hall–Kier alpha value is -3.75. The van der Waals surface area contributed by atoms with Crippen LogP contribution < -0.4 is 19.5 Å². The predicted octanol–water partition coefficient (Wildman–Crippen LogP) is 2.62. The molecule has 1 fully saturated rings. The van der Waals surface area contributed by atoms with Crippen LogP contribution >= 0.6 is 0 Å². The molecule has 3 aromatic carbocycles. The van der Waals surface area contributed by atoms with Crippen molar-refractivity contribution < 1.29 is 34.3 Å². The molecule has 0 spiro atoms. The number of amides is 1. The average Bonchev–Trinajstić information content (AvgIpc) is 3.30. The average molecular weight is 506 g/mol. The first kappa shape index (κ1) is 24.9. The second-order valence-corrected chi connectivity index (χ2v) is 9.64. The number of phenolic OH excluding ortho intramolecular Hbond substituents is 1. The number of nitrogens with one attached hydrogen (secondary N) is 1. The Balaban J connectivity index is 1.90. The van der Waals surface area contributed by atoms with Crippen molar-refractivity contribution in [3.63, 3.8) is 0 Å². The minimum absolute atomic E-state index is 0.109. The third-order valence-corrected chi connectivity index (χ3v) is 8.20.